The Balaban J connectivity index is 1.83. The fourth-order valence-electron chi connectivity index (χ4n) is 2.11. The van der Waals surface area contributed by atoms with Gasteiger partial charge in [-0.1, -0.05) is 71.1 Å². The van der Waals surface area contributed by atoms with Gasteiger partial charge in [-0.3, -0.25) is 4.79 Å². The molecule has 3 aromatic rings. The maximum atomic E-state index is 12.8. The van der Waals surface area contributed by atoms with E-state index in [1.54, 1.807) is 0 Å². The Morgan fingerprint density at radius 1 is 1.12 bits per heavy atom. The van der Waals surface area contributed by atoms with Crippen LogP contribution in [0.4, 0.5) is 10.8 Å². The lowest BCUT2D eigenvalue weighted by atomic mass is 10.1. The minimum Gasteiger partial charge on any atom is -0.374 e. The van der Waals surface area contributed by atoms with Crippen LogP contribution in [0.5, 0.6) is 0 Å². The smallest absolute Gasteiger partial charge is 0.242 e. The van der Waals surface area contributed by atoms with Crippen molar-refractivity contribution >= 4 is 39.8 Å². The number of carbonyl (C=O) groups is 1. The first-order valence-corrected chi connectivity index (χ1v) is 8.99. The van der Waals surface area contributed by atoms with Crippen LogP contribution in [0.15, 0.2) is 58.9 Å². The number of hydrogen-bond acceptors (Lipinski definition) is 6. The molecule has 0 spiro atoms. The van der Waals surface area contributed by atoms with Crippen molar-refractivity contribution < 1.29 is 4.79 Å². The molecule has 5 nitrogen and oxygen atoms in total. The van der Waals surface area contributed by atoms with Gasteiger partial charge in [-0.2, -0.15) is 0 Å². The van der Waals surface area contributed by atoms with E-state index in [9.17, 15) is 4.79 Å². The second-order valence-electron chi connectivity index (χ2n) is 5.17. The van der Waals surface area contributed by atoms with E-state index in [4.69, 9.17) is 5.73 Å². The number of amides is 1. The van der Waals surface area contributed by atoms with Crippen LogP contribution in [0.2, 0.25) is 0 Å². The Kier molecular flexibility index (Phi) is 5.12. The molecule has 122 valence electrons. The molecular formula is C17H16N4OS2. The second-order valence-corrected chi connectivity index (χ2v) is 7.53. The van der Waals surface area contributed by atoms with E-state index in [1.165, 1.54) is 23.1 Å². The van der Waals surface area contributed by atoms with Crippen LogP contribution in [0.3, 0.4) is 0 Å². The predicted octanol–water partition coefficient (Wildman–Crippen LogP) is 3.90. The summed E-state index contributed by atoms with van der Waals surface area (Å²) in [6, 6.07) is 17.3. The number of hydrogen-bond donors (Lipinski definition) is 2. The molecule has 0 bridgehead atoms. The number of carbonyl (C=O) groups excluding carboxylic acids is 1. The third kappa shape index (κ3) is 4.12. The number of nitrogen functional groups attached to an aromatic ring is 1. The second kappa shape index (κ2) is 7.46. The highest BCUT2D eigenvalue weighted by Gasteiger charge is 2.24. The van der Waals surface area contributed by atoms with Crippen molar-refractivity contribution in [3.63, 3.8) is 0 Å². The molecule has 3 N–H and O–H groups in total. The predicted molar refractivity (Wildman–Crippen MR) is 99.2 cm³/mol. The fourth-order valence-corrected chi connectivity index (χ4v) is 3.94. The summed E-state index contributed by atoms with van der Waals surface area (Å²) in [6.07, 6.45) is 0. The number of rotatable bonds is 5. The minimum atomic E-state index is -0.431. The van der Waals surface area contributed by atoms with Crippen LogP contribution in [0.1, 0.15) is 16.4 Å². The zero-order valence-corrected chi connectivity index (χ0v) is 14.6. The van der Waals surface area contributed by atoms with Crippen LogP contribution < -0.4 is 11.1 Å². The van der Waals surface area contributed by atoms with Crippen LogP contribution in [-0.2, 0) is 4.79 Å². The Bertz CT molecular complexity index is 818. The van der Waals surface area contributed by atoms with E-state index in [1.807, 2.05) is 61.5 Å². The minimum absolute atomic E-state index is 0.108. The van der Waals surface area contributed by atoms with E-state index < -0.39 is 5.25 Å². The molecular weight excluding hydrogens is 340 g/mol. The summed E-state index contributed by atoms with van der Waals surface area (Å²) in [7, 11) is 0. The van der Waals surface area contributed by atoms with Crippen molar-refractivity contribution in [2.75, 3.05) is 11.1 Å². The van der Waals surface area contributed by atoms with E-state index in [2.05, 4.69) is 15.5 Å². The van der Waals surface area contributed by atoms with Gasteiger partial charge in [0, 0.05) is 5.69 Å². The Morgan fingerprint density at radius 3 is 2.46 bits per heavy atom. The molecule has 0 fully saturated rings. The van der Waals surface area contributed by atoms with Crippen LogP contribution in [-0.4, -0.2) is 16.1 Å². The first-order valence-electron chi connectivity index (χ1n) is 7.30. The number of anilines is 2. The highest BCUT2D eigenvalue weighted by Crippen LogP contribution is 2.38. The zero-order valence-electron chi connectivity index (χ0n) is 13.0. The fraction of sp³-hybridized carbons (Fsp3) is 0.118. The Labute approximate surface area is 148 Å². The standard InChI is InChI=1S/C17H16N4OS2/c1-11-7-9-13(10-8-11)19-15(22)14(12-5-3-2-4-6-12)23-17-21-20-16(18)24-17/h2-10,14H,1H3,(H2,18,20)(H,19,22). The van der Waals surface area contributed by atoms with Crippen molar-refractivity contribution in [1.29, 1.82) is 0 Å². The van der Waals surface area contributed by atoms with Gasteiger partial charge in [0.1, 0.15) is 5.25 Å². The number of aryl methyl sites for hydroxylation is 1. The number of nitrogens with zero attached hydrogens (tertiary/aromatic N) is 2. The van der Waals surface area contributed by atoms with Crippen LogP contribution in [0.25, 0.3) is 0 Å². The van der Waals surface area contributed by atoms with Gasteiger partial charge < -0.3 is 11.1 Å². The van der Waals surface area contributed by atoms with Gasteiger partial charge in [0.25, 0.3) is 0 Å². The lowest BCUT2D eigenvalue weighted by molar-refractivity contribution is -0.115. The molecule has 1 amide bonds. The molecule has 0 aliphatic heterocycles. The van der Waals surface area contributed by atoms with Crippen molar-refractivity contribution in [1.82, 2.24) is 10.2 Å². The molecule has 24 heavy (non-hydrogen) atoms. The molecule has 1 heterocycles. The third-order valence-electron chi connectivity index (χ3n) is 3.30. The van der Waals surface area contributed by atoms with Gasteiger partial charge in [-0.15, -0.1) is 10.2 Å². The number of nitrogens with one attached hydrogen (secondary N) is 1. The topological polar surface area (TPSA) is 80.9 Å². The van der Waals surface area contributed by atoms with Gasteiger partial charge in [0.2, 0.25) is 11.0 Å². The summed E-state index contributed by atoms with van der Waals surface area (Å²) >= 11 is 2.62. The lowest BCUT2D eigenvalue weighted by Gasteiger charge is -2.15. The molecule has 1 unspecified atom stereocenters. The van der Waals surface area contributed by atoms with Crippen molar-refractivity contribution in [3.05, 3.63) is 65.7 Å². The zero-order chi connectivity index (χ0) is 16.9. The Morgan fingerprint density at radius 2 is 1.83 bits per heavy atom. The Hall–Kier alpha value is -2.38. The van der Waals surface area contributed by atoms with Crippen LogP contribution in [0, 0.1) is 6.92 Å². The molecule has 7 heteroatoms. The van der Waals surface area contributed by atoms with Gasteiger partial charge >= 0.3 is 0 Å². The molecule has 0 radical (unpaired) electrons. The van der Waals surface area contributed by atoms with E-state index in [0.717, 1.165) is 16.8 Å². The number of benzene rings is 2. The molecule has 1 aromatic heterocycles. The normalized spacial score (nSPS) is 11.9. The average Bonchev–Trinajstić information content (AvgIpc) is 3.00. The van der Waals surface area contributed by atoms with Gasteiger partial charge in [-0.25, -0.2) is 0 Å². The van der Waals surface area contributed by atoms with Crippen molar-refractivity contribution in [3.8, 4) is 0 Å². The first kappa shape index (κ1) is 16.5. The third-order valence-corrected chi connectivity index (χ3v) is 5.39. The molecule has 0 aliphatic carbocycles. The van der Waals surface area contributed by atoms with Gasteiger partial charge in [0.15, 0.2) is 4.34 Å². The summed E-state index contributed by atoms with van der Waals surface area (Å²) in [5.74, 6) is -0.108. The summed E-state index contributed by atoms with van der Waals surface area (Å²) in [5, 5.41) is 10.7. The first-order chi connectivity index (χ1) is 11.6. The molecule has 0 saturated carbocycles. The van der Waals surface area contributed by atoms with Gasteiger partial charge in [-0.05, 0) is 24.6 Å². The highest BCUT2D eigenvalue weighted by atomic mass is 32.2. The molecule has 3 rings (SSSR count). The summed E-state index contributed by atoms with van der Waals surface area (Å²) in [6.45, 7) is 2.01. The quantitative estimate of drug-likeness (QED) is 0.678. The largest absolute Gasteiger partial charge is 0.374 e. The maximum Gasteiger partial charge on any atom is 0.242 e. The van der Waals surface area contributed by atoms with E-state index >= 15 is 0 Å². The van der Waals surface area contributed by atoms with Crippen molar-refractivity contribution in [2.45, 2.75) is 16.5 Å². The summed E-state index contributed by atoms with van der Waals surface area (Å²) < 4.78 is 0.667. The van der Waals surface area contributed by atoms with Crippen LogP contribution >= 0.6 is 23.1 Å². The van der Waals surface area contributed by atoms with Gasteiger partial charge in [0.05, 0.1) is 0 Å². The summed E-state index contributed by atoms with van der Waals surface area (Å²) in [5.41, 5.74) is 8.45. The number of nitrogens with two attached hydrogens (primary N) is 1. The number of thioether (sulfide) groups is 1. The van der Waals surface area contributed by atoms with E-state index in [0.29, 0.717) is 9.47 Å². The average molecular weight is 356 g/mol. The monoisotopic (exact) mass is 356 g/mol. The molecule has 0 aliphatic rings. The number of aromatic nitrogens is 2. The lowest BCUT2D eigenvalue weighted by Crippen LogP contribution is -2.19. The van der Waals surface area contributed by atoms with Crippen molar-refractivity contribution in [2.24, 2.45) is 0 Å². The molecule has 0 saturated heterocycles. The molecule has 1 atom stereocenters. The van der Waals surface area contributed by atoms with E-state index in [-0.39, 0.29) is 5.91 Å². The molecule has 2 aromatic carbocycles. The maximum absolute atomic E-state index is 12.8. The highest BCUT2D eigenvalue weighted by molar-refractivity contribution is 8.02. The summed E-state index contributed by atoms with van der Waals surface area (Å²) in [4.78, 5) is 12.8. The SMILES string of the molecule is Cc1ccc(NC(=O)C(Sc2nnc(N)s2)c2ccccc2)cc1.